The number of benzene rings is 2. The summed E-state index contributed by atoms with van der Waals surface area (Å²) in [5.74, 6) is 0.497. The number of fused-ring (bicyclic) bond motifs is 1. The van der Waals surface area contributed by atoms with Gasteiger partial charge in [0.2, 0.25) is 0 Å². The molecule has 0 fully saturated rings. The van der Waals surface area contributed by atoms with Crippen LogP contribution in [0.1, 0.15) is 44.4 Å². The summed E-state index contributed by atoms with van der Waals surface area (Å²) < 4.78 is 33.4. The monoisotopic (exact) mass is 528 g/mol. The Kier molecular flexibility index (Phi) is 7.23. The number of carbonyl (C=O) groups excluding carboxylic acids is 1. The van der Waals surface area contributed by atoms with Crippen molar-refractivity contribution in [3.05, 3.63) is 65.5 Å². The molecule has 37 heavy (non-hydrogen) atoms. The molecule has 0 saturated heterocycles. The first-order valence-corrected chi connectivity index (χ1v) is 12.5. The van der Waals surface area contributed by atoms with Crippen LogP contribution in [0.25, 0.3) is 11.3 Å². The van der Waals surface area contributed by atoms with E-state index in [0.717, 1.165) is 18.5 Å². The number of carbonyl (C=O) groups is 1. The SMILES string of the molecule is CC1(CO)Cc2ccc(Nc3cc(-c4ccc(C(F)(F)P)cc4NC(=O)OC(C)(C)C)ncn3)cc2C1. The smallest absolute Gasteiger partial charge is 0.412 e. The van der Waals surface area contributed by atoms with Gasteiger partial charge in [-0.3, -0.25) is 5.32 Å². The van der Waals surface area contributed by atoms with E-state index in [9.17, 15) is 18.7 Å². The zero-order valence-corrected chi connectivity index (χ0v) is 22.4. The summed E-state index contributed by atoms with van der Waals surface area (Å²) in [4.78, 5) is 21.1. The maximum atomic E-state index is 14.0. The Morgan fingerprint density at radius 3 is 2.51 bits per heavy atom. The van der Waals surface area contributed by atoms with E-state index in [-0.39, 0.29) is 23.3 Å². The van der Waals surface area contributed by atoms with Crippen molar-refractivity contribution in [2.75, 3.05) is 17.2 Å². The van der Waals surface area contributed by atoms with Gasteiger partial charge in [0, 0.05) is 29.5 Å². The molecular formula is C27H31F2N4O3P. The zero-order chi connectivity index (χ0) is 27.0. The van der Waals surface area contributed by atoms with E-state index in [1.807, 2.05) is 18.2 Å². The minimum atomic E-state index is -3.18. The highest BCUT2D eigenvalue weighted by Crippen LogP contribution is 2.40. The molecule has 0 bridgehead atoms. The molecule has 2 atom stereocenters. The van der Waals surface area contributed by atoms with Gasteiger partial charge >= 0.3 is 6.09 Å². The third-order valence-electron chi connectivity index (χ3n) is 6.08. The summed E-state index contributed by atoms with van der Waals surface area (Å²) in [7, 11) is 1.50. The molecule has 196 valence electrons. The largest absolute Gasteiger partial charge is 0.444 e. The number of aromatic nitrogens is 2. The first-order chi connectivity index (χ1) is 17.2. The molecule has 1 aliphatic rings. The van der Waals surface area contributed by atoms with E-state index in [2.05, 4.69) is 27.5 Å². The van der Waals surface area contributed by atoms with Crippen molar-refractivity contribution in [3.8, 4) is 11.3 Å². The number of nitrogens with one attached hydrogen (secondary N) is 2. The Bertz CT molecular complexity index is 1320. The van der Waals surface area contributed by atoms with Crippen LogP contribution < -0.4 is 10.6 Å². The first-order valence-electron chi connectivity index (χ1n) is 11.9. The number of amides is 1. The molecule has 1 aliphatic carbocycles. The average molecular weight is 529 g/mol. The molecule has 0 saturated carbocycles. The number of anilines is 3. The van der Waals surface area contributed by atoms with Gasteiger partial charge in [-0.2, -0.15) is 8.78 Å². The predicted molar refractivity (Wildman–Crippen MR) is 143 cm³/mol. The highest BCUT2D eigenvalue weighted by molar-refractivity contribution is 7.17. The molecule has 7 nitrogen and oxygen atoms in total. The third-order valence-corrected chi connectivity index (χ3v) is 6.41. The fourth-order valence-corrected chi connectivity index (χ4v) is 4.53. The number of aliphatic hydroxyl groups is 1. The third kappa shape index (κ3) is 6.59. The van der Waals surface area contributed by atoms with Crippen LogP contribution >= 0.6 is 9.24 Å². The van der Waals surface area contributed by atoms with Crippen molar-refractivity contribution in [1.29, 1.82) is 0 Å². The minimum Gasteiger partial charge on any atom is -0.444 e. The Balaban J connectivity index is 1.63. The number of halogens is 2. The molecule has 1 aromatic heterocycles. The number of rotatable bonds is 6. The summed E-state index contributed by atoms with van der Waals surface area (Å²) in [6.45, 7) is 7.34. The molecule has 1 heterocycles. The van der Waals surface area contributed by atoms with Gasteiger partial charge in [0.1, 0.15) is 17.7 Å². The van der Waals surface area contributed by atoms with E-state index >= 15 is 0 Å². The number of ether oxygens (including phenoxy) is 1. The molecule has 1 amide bonds. The van der Waals surface area contributed by atoms with Gasteiger partial charge in [-0.05, 0) is 68.4 Å². The van der Waals surface area contributed by atoms with Crippen LogP contribution in [0.3, 0.4) is 0 Å². The first kappa shape index (κ1) is 26.9. The lowest BCUT2D eigenvalue weighted by Crippen LogP contribution is -2.27. The number of nitrogens with zero attached hydrogens (tertiary/aromatic N) is 2. The van der Waals surface area contributed by atoms with Crippen LogP contribution in [0.15, 0.2) is 48.8 Å². The minimum absolute atomic E-state index is 0.126. The summed E-state index contributed by atoms with van der Waals surface area (Å²) >= 11 is 0. The molecule has 0 spiro atoms. The predicted octanol–water partition coefficient (Wildman–Crippen LogP) is 6.26. The normalized spacial score (nSPS) is 17.3. The lowest BCUT2D eigenvalue weighted by atomic mass is 9.88. The van der Waals surface area contributed by atoms with Crippen molar-refractivity contribution < 1.29 is 23.4 Å². The number of aliphatic hydroxyl groups excluding tert-OH is 1. The van der Waals surface area contributed by atoms with Crippen LogP contribution in [-0.4, -0.2) is 33.4 Å². The van der Waals surface area contributed by atoms with Gasteiger partial charge < -0.3 is 15.2 Å². The maximum absolute atomic E-state index is 14.0. The van der Waals surface area contributed by atoms with Gasteiger partial charge in [-0.15, -0.1) is 0 Å². The Morgan fingerprint density at radius 1 is 1.11 bits per heavy atom. The quantitative estimate of drug-likeness (QED) is 0.327. The second kappa shape index (κ2) is 9.95. The van der Waals surface area contributed by atoms with Crippen molar-refractivity contribution in [2.24, 2.45) is 5.41 Å². The van der Waals surface area contributed by atoms with Gasteiger partial charge in [0.25, 0.3) is 5.66 Å². The second-order valence-corrected chi connectivity index (χ2v) is 11.5. The summed E-state index contributed by atoms with van der Waals surface area (Å²) in [6, 6.07) is 11.7. The van der Waals surface area contributed by atoms with Gasteiger partial charge in [-0.25, -0.2) is 14.8 Å². The van der Waals surface area contributed by atoms with E-state index in [0.29, 0.717) is 17.1 Å². The van der Waals surface area contributed by atoms with E-state index in [1.54, 1.807) is 26.8 Å². The van der Waals surface area contributed by atoms with Gasteiger partial charge in [-0.1, -0.05) is 34.4 Å². The lowest BCUT2D eigenvalue weighted by molar-refractivity contribution is 0.0635. The fraction of sp³-hybridized carbons (Fsp3) is 0.370. The Morgan fingerprint density at radius 2 is 1.84 bits per heavy atom. The average Bonchev–Trinajstić information content (AvgIpc) is 3.13. The van der Waals surface area contributed by atoms with E-state index in [4.69, 9.17) is 4.74 Å². The fourth-order valence-electron chi connectivity index (χ4n) is 4.35. The van der Waals surface area contributed by atoms with Gasteiger partial charge in [0.05, 0.1) is 11.4 Å². The van der Waals surface area contributed by atoms with Crippen molar-refractivity contribution >= 4 is 32.5 Å². The van der Waals surface area contributed by atoms with E-state index in [1.165, 1.54) is 44.9 Å². The summed E-state index contributed by atoms with van der Waals surface area (Å²) in [6.07, 6.45) is 2.22. The van der Waals surface area contributed by atoms with Crippen LogP contribution in [-0.2, 0) is 23.2 Å². The number of hydrogen-bond donors (Lipinski definition) is 3. The summed E-state index contributed by atoms with van der Waals surface area (Å²) in [5, 5.41) is 15.6. The Hall–Kier alpha value is -3.16. The molecule has 3 aromatic rings. The van der Waals surface area contributed by atoms with Gasteiger partial charge in [0.15, 0.2) is 0 Å². The van der Waals surface area contributed by atoms with Crippen LogP contribution in [0.4, 0.5) is 30.8 Å². The molecule has 2 aromatic carbocycles. The van der Waals surface area contributed by atoms with E-state index < -0.39 is 17.4 Å². The lowest BCUT2D eigenvalue weighted by Gasteiger charge is -2.21. The molecule has 10 heteroatoms. The molecule has 3 N–H and O–H groups in total. The zero-order valence-electron chi connectivity index (χ0n) is 21.2. The number of hydrogen-bond acceptors (Lipinski definition) is 6. The standard InChI is InChI=1S/C27H31F2N4O3P/c1-25(2,3)36-24(35)33-22-10-18(27(28,29)37)6-8-20(22)21-11-23(31-15-30-21)32-19-7-5-16-12-26(4,14-34)13-17(16)9-19/h5-11,15,34H,12-14,37H2,1-4H3,(H,33,35)(H,30,31,32). The topological polar surface area (TPSA) is 96.4 Å². The van der Waals surface area contributed by atoms with Crippen LogP contribution in [0.5, 0.6) is 0 Å². The van der Waals surface area contributed by atoms with Crippen LogP contribution in [0.2, 0.25) is 0 Å². The molecule has 0 aliphatic heterocycles. The van der Waals surface area contributed by atoms with Crippen molar-refractivity contribution in [2.45, 2.75) is 51.8 Å². The molecular weight excluding hydrogens is 497 g/mol. The van der Waals surface area contributed by atoms with Crippen molar-refractivity contribution in [1.82, 2.24) is 9.97 Å². The van der Waals surface area contributed by atoms with Crippen molar-refractivity contribution in [3.63, 3.8) is 0 Å². The highest BCUT2D eigenvalue weighted by atomic mass is 31.0. The molecule has 2 unspecified atom stereocenters. The molecule has 0 radical (unpaired) electrons. The second-order valence-electron chi connectivity index (χ2n) is 10.7. The molecule has 4 rings (SSSR count). The maximum Gasteiger partial charge on any atom is 0.412 e. The summed E-state index contributed by atoms with van der Waals surface area (Å²) in [5.41, 5.74) is -0.159. The Labute approximate surface area is 217 Å². The highest BCUT2D eigenvalue weighted by Gasteiger charge is 2.32. The van der Waals surface area contributed by atoms with Crippen LogP contribution in [0, 0.1) is 5.41 Å². The number of alkyl halides is 2.